The predicted octanol–water partition coefficient (Wildman–Crippen LogP) is 5.56. The monoisotopic (exact) mass is 316 g/mol. The summed E-state index contributed by atoms with van der Waals surface area (Å²) in [6.45, 7) is 7.05. The van der Waals surface area contributed by atoms with Crippen LogP contribution < -0.4 is 0 Å². The highest BCUT2D eigenvalue weighted by Crippen LogP contribution is 2.29. The number of nitrogens with zero attached hydrogens (tertiary/aromatic N) is 2. The summed E-state index contributed by atoms with van der Waals surface area (Å²) in [6, 6.07) is 3.02. The molecule has 1 aromatic heterocycles. The zero-order valence-corrected chi connectivity index (χ0v) is 13.5. The Morgan fingerprint density at radius 3 is 2.50 bits per heavy atom. The molecule has 1 atom stereocenters. The van der Waals surface area contributed by atoms with E-state index in [1.165, 1.54) is 6.07 Å². The van der Waals surface area contributed by atoms with Crippen molar-refractivity contribution in [2.24, 2.45) is 5.92 Å². The fourth-order valence-corrected chi connectivity index (χ4v) is 2.76. The van der Waals surface area contributed by atoms with Crippen LogP contribution >= 0.6 is 23.2 Å². The lowest BCUT2D eigenvalue weighted by Crippen LogP contribution is -2.12. The van der Waals surface area contributed by atoms with Gasteiger partial charge in [0.2, 0.25) is 0 Å². The van der Waals surface area contributed by atoms with Gasteiger partial charge in [0, 0.05) is 12.6 Å². The van der Waals surface area contributed by atoms with E-state index in [2.05, 4.69) is 23.4 Å². The molecule has 0 bridgehead atoms. The fourth-order valence-electron chi connectivity index (χ4n) is 2.44. The van der Waals surface area contributed by atoms with Crippen molar-refractivity contribution in [1.82, 2.24) is 9.55 Å². The standard InChI is InChI=1S/C15H19Cl2FN2/c1-4-10(5-2)8-20-14-6-11(17)12(18)7-13(14)19-15(20)9(3)16/h6-7,9-10H,4-5,8H2,1-3H3. The van der Waals surface area contributed by atoms with Crippen molar-refractivity contribution >= 4 is 34.2 Å². The van der Waals surface area contributed by atoms with Crippen molar-refractivity contribution in [2.45, 2.75) is 45.5 Å². The summed E-state index contributed by atoms with van der Waals surface area (Å²) in [7, 11) is 0. The molecule has 1 heterocycles. The van der Waals surface area contributed by atoms with E-state index in [0.717, 1.165) is 30.7 Å². The number of alkyl halides is 1. The lowest BCUT2D eigenvalue weighted by molar-refractivity contribution is 0.417. The maximum Gasteiger partial charge on any atom is 0.144 e. The van der Waals surface area contributed by atoms with Crippen LogP contribution in [0.4, 0.5) is 4.39 Å². The van der Waals surface area contributed by atoms with Gasteiger partial charge in [-0.1, -0.05) is 38.3 Å². The largest absolute Gasteiger partial charge is 0.326 e. The molecule has 1 aromatic carbocycles. The van der Waals surface area contributed by atoms with Gasteiger partial charge in [-0.15, -0.1) is 11.6 Å². The van der Waals surface area contributed by atoms with Gasteiger partial charge < -0.3 is 4.57 Å². The molecule has 0 spiro atoms. The van der Waals surface area contributed by atoms with Gasteiger partial charge in [0.15, 0.2) is 0 Å². The molecule has 0 radical (unpaired) electrons. The van der Waals surface area contributed by atoms with E-state index in [1.807, 2.05) is 6.92 Å². The Kier molecular flexibility index (Phi) is 4.92. The second-order valence-electron chi connectivity index (χ2n) is 5.13. The van der Waals surface area contributed by atoms with Crippen LogP contribution in [-0.4, -0.2) is 9.55 Å². The summed E-state index contributed by atoms with van der Waals surface area (Å²) >= 11 is 12.1. The third-order valence-electron chi connectivity index (χ3n) is 3.77. The van der Waals surface area contributed by atoms with E-state index in [0.29, 0.717) is 11.4 Å². The normalized spacial score (nSPS) is 13.3. The lowest BCUT2D eigenvalue weighted by Gasteiger charge is -2.17. The Labute approximate surface area is 128 Å². The Morgan fingerprint density at radius 2 is 1.95 bits per heavy atom. The van der Waals surface area contributed by atoms with Crippen molar-refractivity contribution in [3.8, 4) is 0 Å². The van der Waals surface area contributed by atoms with Crippen molar-refractivity contribution < 1.29 is 4.39 Å². The first kappa shape index (κ1) is 15.6. The molecule has 110 valence electrons. The van der Waals surface area contributed by atoms with Gasteiger partial charge in [0.1, 0.15) is 11.6 Å². The first-order valence-corrected chi connectivity index (χ1v) is 7.78. The zero-order chi connectivity index (χ0) is 14.9. The van der Waals surface area contributed by atoms with Crippen molar-refractivity contribution in [3.05, 3.63) is 28.8 Å². The van der Waals surface area contributed by atoms with Crippen molar-refractivity contribution in [2.75, 3.05) is 0 Å². The first-order chi connectivity index (χ1) is 9.47. The van der Waals surface area contributed by atoms with Gasteiger partial charge in [-0.3, -0.25) is 0 Å². The van der Waals surface area contributed by atoms with Crippen LogP contribution in [0.25, 0.3) is 11.0 Å². The fraction of sp³-hybridized carbons (Fsp3) is 0.533. The molecule has 0 fully saturated rings. The highest BCUT2D eigenvalue weighted by Gasteiger charge is 2.18. The number of aromatic nitrogens is 2. The minimum atomic E-state index is -0.444. The number of benzene rings is 1. The second-order valence-corrected chi connectivity index (χ2v) is 6.20. The van der Waals surface area contributed by atoms with E-state index in [-0.39, 0.29) is 10.4 Å². The van der Waals surface area contributed by atoms with E-state index in [1.54, 1.807) is 6.07 Å². The molecule has 0 amide bonds. The smallest absolute Gasteiger partial charge is 0.144 e. The summed E-state index contributed by atoms with van der Waals surface area (Å²) in [5.74, 6) is 0.876. The van der Waals surface area contributed by atoms with Crippen LogP contribution in [0.3, 0.4) is 0 Å². The highest BCUT2D eigenvalue weighted by atomic mass is 35.5. The van der Waals surface area contributed by atoms with Crippen LogP contribution in [0.2, 0.25) is 5.02 Å². The Hall–Kier alpha value is -0.800. The minimum Gasteiger partial charge on any atom is -0.326 e. The van der Waals surface area contributed by atoms with Crippen molar-refractivity contribution in [1.29, 1.82) is 0 Å². The number of hydrogen-bond acceptors (Lipinski definition) is 1. The van der Waals surface area contributed by atoms with Gasteiger partial charge in [-0.25, -0.2) is 9.37 Å². The maximum atomic E-state index is 13.6. The molecule has 2 nitrogen and oxygen atoms in total. The van der Waals surface area contributed by atoms with E-state index >= 15 is 0 Å². The maximum absolute atomic E-state index is 13.6. The molecule has 2 aromatic rings. The zero-order valence-electron chi connectivity index (χ0n) is 12.0. The number of halogens is 3. The third-order valence-corrected chi connectivity index (χ3v) is 4.26. The SMILES string of the molecule is CCC(CC)Cn1c(C(C)Cl)nc2cc(F)c(Cl)cc21. The van der Waals surface area contributed by atoms with Gasteiger partial charge in [0.25, 0.3) is 0 Å². The van der Waals surface area contributed by atoms with Crippen LogP contribution in [0.1, 0.15) is 44.8 Å². The van der Waals surface area contributed by atoms with Crippen LogP contribution in [0, 0.1) is 11.7 Å². The number of imidazole rings is 1. The molecule has 5 heteroatoms. The summed E-state index contributed by atoms with van der Waals surface area (Å²) in [5.41, 5.74) is 1.46. The molecular weight excluding hydrogens is 298 g/mol. The molecule has 0 aliphatic carbocycles. The van der Waals surface area contributed by atoms with E-state index in [4.69, 9.17) is 23.2 Å². The van der Waals surface area contributed by atoms with Crippen LogP contribution in [0.15, 0.2) is 12.1 Å². The molecule has 0 saturated heterocycles. The average Bonchev–Trinajstić information content (AvgIpc) is 2.74. The Bertz CT molecular complexity index is 603. The topological polar surface area (TPSA) is 17.8 Å². The molecule has 1 unspecified atom stereocenters. The van der Waals surface area contributed by atoms with Gasteiger partial charge in [0.05, 0.1) is 21.4 Å². The summed E-state index contributed by atoms with van der Waals surface area (Å²) in [4.78, 5) is 4.47. The molecule has 0 saturated carbocycles. The van der Waals surface area contributed by atoms with Gasteiger partial charge in [-0.05, 0) is 18.9 Å². The summed E-state index contributed by atoms with van der Waals surface area (Å²) < 4.78 is 15.7. The Morgan fingerprint density at radius 1 is 1.30 bits per heavy atom. The second kappa shape index (κ2) is 6.31. The predicted molar refractivity (Wildman–Crippen MR) is 83.0 cm³/mol. The Balaban J connectivity index is 2.58. The first-order valence-electron chi connectivity index (χ1n) is 6.97. The molecule has 0 N–H and O–H groups in total. The van der Waals surface area contributed by atoms with Crippen molar-refractivity contribution in [3.63, 3.8) is 0 Å². The van der Waals surface area contributed by atoms with E-state index < -0.39 is 5.82 Å². The van der Waals surface area contributed by atoms with Gasteiger partial charge in [-0.2, -0.15) is 0 Å². The van der Waals surface area contributed by atoms with Gasteiger partial charge >= 0.3 is 0 Å². The van der Waals surface area contributed by atoms with Crippen LogP contribution in [-0.2, 0) is 6.54 Å². The van der Waals surface area contributed by atoms with Crippen LogP contribution in [0.5, 0.6) is 0 Å². The highest BCUT2D eigenvalue weighted by molar-refractivity contribution is 6.31. The molecule has 0 aliphatic heterocycles. The molecular formula is C15H19Cl2FN2. The lowest BCUT2D eigenvalue weighted by atomic mass is 10.0. The number of rotatable bonds is 5. The quantitative estimate of drug-likeness (QED) is 0.660. The average molecular weight is 317 g/mol. The molecule has 2 rings (SSSR count). The number of fused-ring (bicyclic) bond motifs is 1. The summed E-state index contributed by atoms with van der Waals surface area (Å²) in [5, 5.41) is -0.101. The summed E-state index contributed by atoms with van der Waals surface area (Å²) in [6.07, 6.45) is 2.17. The number of hydrogen-bond donors (Lipinski definition) is 0. The molecule has 20 heavy (non-hydrogen) atoms. The van der Waals surface area contributed by atoms with E-state index in [9.17, 15) is 4.39 Å². The third kappa shape index (κ3) is 2.94. The molecule has 0 aliphatic rings. The minimum absolute atomic E-state index is 0.122.